The number of carboxylic acid groups (broad SMARTS) is 2. The Bertz CT molecular complexity index is 1740. The number of carbonyl (C=O) groups is 4. The lowest BCUT2D eigenvalue weighted by molar-refractivity contribution is -0.150. The van der Waals surface area contributed by atoms with Crippen molar-refractivity contribution in [2.45, 2.75) is 26.4 Å². The normalized spacial score (nSPS) is 18.0. The van der Waals surface area contributed by atoms with E-state index in [-0.39, 0.29) is 17.2 Å². The largest absolute Gasteiger partial charge is 0.481 e. The molecule has 19 heteroatoms. The topological polar surface area (TPSA) is 204 Å². The highest BCUT2D eigenvalue weighted by Gasteiger charge is 2.53. The summed E-state index contributed by atoms with van der Waals surface area (Å²) < 4.78 is 0. The number of rotatable bonds is 12. The first-order chi connectivity index (χ1) is 21.0. The van der Waals surface area contributed by atoms with Crippen molar-refractivity contribution in [1.82, 2.24) is 30.4 Å². The lowest BCUT2D eigenvalue weighted by atomic mass is 10.0. The van der Waals surface area contributed by atoms with Crippen molar-refractivity contribution in [1.29, 1.82) is 0 Å². The van der Waals surface area contributed by atoms with Gasteiger partial charge in [-0.25, -0.2) is 14.8 Å². The summed E-state index contributed by atoms with van der Waals surface area (Å²) in [4.78, 5) is 59.5. The molecule has 0 radical (unpaired) electrons. The van der Waals surface area contributed by atoms with Crippen molar-refractivity contribution >= 4 is 111 Å². The van der Waals surface area contributed by atoms with Gasteiger partial charge in [0.05, 0.1) is 33.1 Å². The molecule has 2 amide bonds. The number of allylic oxidation sites excluding steroid dienone is 1. The first-order valence-corrected chi connectivity index (χ1v) is 17.2. The number of aromatic nitrogens is 4. The number of fused-ring (bicyclic) bond motifs is 2. The fourth-order valence-corrected chi connectivity index (χ4v) is 8.42. The maximum Gasteiger partial charge on any atom is 0.352 e. The summed E-state index contributed by atoms with van der Waals surface area (Å²) in [6.07, 6.45) is 4.96. The number of benzene rings is 1. The molecule has 230 valence electrons. The summed E-state index contributed by atoms with van der Waals surface area (Å²) in [5, 5.41) is 29.2. The number of H-pyrrole nitrogens is 1. The average Bonchev–Trinajstić information content (AvgIpc) is 3.46. The Morgan fingerprint density at radius 3 is 2.52 bits per heavy atom. The van der Waals surface area contributed by atoms with E-state index in [1.54, 1.807) is 24.4 Å². The van der Waals surface area contributed by atoms with Crippen LogP contribution in [-0.2, 0) is 19.2 Å². The number of carbonyl (C=O) groups excluding carboxylic acids is 2. The molecule has 0 bridgehead atoms. The minimum absolute atomic E-state index is 0.0746. The number of hydrogen-bond acceptors (Lipinski definition) is 12. The number of aliphatic carboxylic acids is 2. The van der Waals surface area contributed by atoms with Gasteiger partial charge in [-0.2, -0.15) is 5.10 Å². The fraction of sp³-hybridized carbons (Fsp3) is 0.240. The number of thioether (sulfide) groups is 4. The zero-order chi connectivity index (χ0) is 31.5. The first-order valence-electron chi connectivity index (χ1n) is 12.5. The zero-order valence-corrected chi connectivity index (χ0v) is 26.9. The van der Waals surface area contributed by atoms with Gasteiger partial charge < -0.3 is 21.3 Å². The van der Waals surface area contributed by atoms with Gasteiger partial charge in [-0.05, 0) is 17.7 Å². The number of halogens is 2. The molecule has 1 aromatic carbocycles. The summed E-state index contributed by atoms with van der Waals surface area (Å²) >= 11 is 17.3. The molecule has 2 aromatic heterocycles. The van der Waals surface area contributed by atoms with E-state index in [0.29, 0.717) is 58.9 Å². The monoisotopic (exact) mass is 713 g/mol. The van der Waals surface area contributed by atoms with E-state index < -0.39 is 35.2 Å². The molecule has 2 aliphatic heterocycles. The van der Waals surface area contributed by atoms with Crippen molar-refractivity contribution in [2.24, 2.45) is 0 Å². The van der Waals surface area contributed by atoms with Crippen LogP contribution in [0.5, 0.6) is 0 Å². The van der Waals surface area contributed by atoms with Gasteiger partial charge in [0.25, 0.3) is 5.91 Å². The number of nitrogens with two attached hydrogens (primary N) is 1. The number of β-lactam (4-membered cyclic amide) rings is 1. The second kappa shape index (κ2) is 13.9. The second-order valence-corrected chi connectivity index (χ2v) is 14.0. The van der Waals surface area contributed by atoms with Crippen LogP contribution in [0.2, 0.25) is 10.0 Å². The highest BCUT2D eigenvalue weighted by Crippen LogP contribution is 2.41. The minimum atomic E-state index is -1.24. The molecule has 1 fully saturated rings. The van der Waals surface area contributed by atoms with Crippen molar-refractivity contribution in [3.8, 4) is 0 Å². The van der Waals surface area contributed by atoms with Gasteiger partial charge in [0.1, 0.15) is 22.9 Å². The average molecular weight is 715 g/mol. The van der Waals surface area contributed by atoms with Gasteiger partial charge in [-0.3, -0.25) is 24.4 Å². The molecule has 3 aromatic rings. The number of carboxylic acids is 2. The summed E-state index contributed by atoms with van der Waals surface area (Å²) in [5.74, 6) is -2.40. The smallest absolute Gasteiger partial charge is 0.352 e. The third kappa shape index (κ3) is 7.07. The Morgan fingerprint density at radius 2 is 1.84 bits per heavy atom. The highest BCUT2D eigenvalue weighted by atomic mass is 35.5. The van der Waals surface area contributed by atoms with Gasteiger partial charge in [0.2, 0.25) is 5.91 Å². The van der Waals surface area contributed by atoms with Crippen LogP contribution in [0.3, 0.4) is 0 Å². The summed E-state index contributed by atoms with van der Waals surface area (Å²) in [6.45, 7) is 0. The number of anilines is 1. The molecule has 0 spiro atoms. The van der Waals surface area contributed by atoms with E-state index >= 15 is 0 Å². The molecule has 2 aliphatic rings. The van der Waals surface area contributed by atoms with E-state index in [1.165, 1.54) is 34.5 Å². The Hall–Kier alpha value is -3.09. The van der Waals surface area contributed by atoms with Gasteiger partial charge in [0, 0.05) is 21.3 Å². The summed E-state index contributed by atoms with van der Waals surface area (Å²) in [7, 11) is 0. The molecule has 4 heterocycles. The lowest BCUT2D eigenvalue weighted by Gasteiger charge is -2.49. The number of hydrogen-bond donors (Lipinski definition) is 5. The zero-order valence-electron chi connectivity index (χ0n) is 22.2. The molecule has 5 rings (SSSR count). The van der Waals surface area contributed by atoms with Crippen molar-refractivity contribution in [3.05, 3.63) is 51.8 Å². The molecule has 1 saturated heterocycles. The van der Waals surface area contributed by atoms with E-state index in [1.807, 2.05) is 0 Å². The molecule has 0 aliphatic carbocycles. The van der Waals surface area contributed by atoms with Crippen LogP contribution in [0.25, 0.3) is 11.0 Å². The van der Waals surface area contributed by atoms with Gasteiger partial charge >= 0.3 is 11.9 Å². The second-order valence-electron chi connectivity index (χ2n) is 9.06. The molecule has 6 N–H and O–H groups in total. The molecular weight excluding hydrogens is 693 g/mol. The molecule has 0 unspecified atom stereocenters. The number of nitrogens with zero attached hydrogens (tertiary/aromatic N) is 4. The van der Waals surface area contributed by atoms with Crippen LogP contribution in [0, 0.1) is 0 Å². The molecule has 0 saturated carbocycles. The van der Waals surface area contributed by atoms with Crippen LogP contribution in [-0.4, -0.2) is 93.5 Å². The number of nitrogens with one attached hydrogen (secondary N) is 2. The van der Waals surface area contributed by atoms with E-state index in [9.17, 15) is 24.3 Å². The van der Waals surface area contributed by atoms with E-state index in [4.69, 9.17) is 34.0 Å². The van der Waals surface area contributed by atoms with Crippen LogP contribution in [0.4, 0.5) is 5.82 Å². The maximum absolute atomic E-state index is 13.0. The summed E-state index contributed by atoms with van der Waals surface area (Å²) in [6, 6.07) is 2.21. The van der Waals surface area contributed by atoms with Crippen LogP contribution >= 0.6 is 70.2 Å². The number of nitrogen functional groups attached to an aromatic ring is 1. The molecule has 44 heavy (non-hydrogen) atoms. The first kappa shape index (κ1) is 32.3. The van der Waals surface area contributed by atoms with Gasteiger partial charge in [0.15, 0.2) is 10.8 Å². The SMILES string of the molecule is Nc1nc(SC/C=C/C2=C(C(=O)O)N3C(=O)[C@@H](NC(=O)CSc4cc(Cl)c(SCC(=O)O)cc4Cl)[C@H]3SC2)nc2[nH]ncc12. The lowest BCUT2D eigenvalue weighted by Crippen LogP contribution is -2.70. The van der Waals surface area contributed by atoms with Crippen molar-refractivity contribution < 1.29 is 29.4 Å². The molecule has 13 nitrogen and oxygen atoms in total. The fourth-order valence-electron chi connectivity index (χ4n) is 4.21. The van der Waals surface area contributed by atoms with Gasteiger partial charge in [-0.1, -0.05) is 47.1 Å². The Morgan fingerprint density at radius 1 is 1.14 bits per heavy atom. The van der Waals surface area contributed by atoms with Gasteiger partial charge in [-0.15, -0.1) is 35.3 Å². The number of amides is 2. The quantitative estimate of drug-likeness (QED) is 0.103. The molecular formula is C25H21Cl2N7O6S4. The predicted octanol–water partition coefficient (Wildman–Crippen LogP) is 3.60. The van der Waals surface area contributed by atoms with Crippen molar-refractivity contribution in [2.75, 3.05) is 28.7 Å². The third-order valence-electron chi connectivity index (χ3n) is 6.16. The van der Waals surface area contributed by atoms with Crippen molar-refractivity contribution in [3.63, 3.8) is 0 Å². The minimum Gasteiger partial charge on any atom is -0.481 e. The Balaban J connectivity index is 1.17. The number of aromatic amines is 1. The maximum atomic E-state index is 13.0. The Labute approximate surface area is 276 Å². The van der Waals surface area contributed by atoms with E-state index in [2.05, 4.69) is 25.5 Å². The third-order valence-corrected chi connectivity index (χ3v) is 11.2. The van der Waals surface area contributed by atoms with E-state index in [0.717, 1.165) is 23.5 Å². The predicted molar refractivity (Wildman–Crippen MR) is 171 cm³/mol. The summed E-state index contributed by atoms with van der Waals surface area (Å²) in [5.41, 5.74) is 6.79. The Kier molecular flexibility index (Phi) is 10.2. The van der Waals surface area contributed by atoms with Crippen LogP contribution in [0.1, 0.15) is 0 Å². The highest BCUT2D eigenvalue weighted by molar-refractivity contribution is 8.00. The molecule has 2 atom stereocenters. The van der Waals surface area contributed by atoms with Crippen LogP contribution in [0.15, 0.2) is 56.7 Å². The standard InChI is InChI=1S/C25H21Cl2N7O6S4/c26-12-5-15(43-9-17(36)37)13(27)4-14(12)42-8-16(35)30-18-22(38)34-19(24(39)40)10(7-44-23(18)34)2-1-3-41-25-31-20(28)11-6-29-33-21(11)32-25/h1-2,4-6,18,23H,3,7-9H2,(H,30,35)(H,36,37)(H,39,40)(H3,28,29,31,32,33)/b2-1+/t18-,23-/m1/s1. The van der Waals surface area contributed by atoms with Crippen LogP contribution < -0.4 is 11.1 Å².